The van der Waals surface area contributed by atoms with Crippen LogP contribution in [-0.4, -0.2) is 40.1 Å². The van der Waals surface area contributed by atoms with Crippen LogP contribution in [0.5, 0.6) is 0 Å². The van der Waals surface area contributed by atoms with Gasteiger partial charge in [0.15, 0.2) is 0 Å². The first-order valence-electron chi connectivity index (χ1n) is 6.87. The molecule has 1 aliphatic heterocycles. The molecule has 1 saturated heterocycles. The van der Waals surface area contributed by atoms with E-state index in [0.717, 1.165) is 25.1 Å². The third kappa shape index (κ3) is 3.88. The third-order valence-corrected chi connectivity index (χ3v) is 5.65. The van der Waals surface area contributed by atoms with Crippen molar-refractivity contribution in [3.05, 3.63) is 34.9 Å². The molecular formula is C15H22ClNOS. The Hall–Kier alpha value is -0.220. The Morgan fingerprint density at radius 2 is 2.16 bits per heavy atom. The van der Waals surface area contributed by atoms with E-state index in [1.165, 1.54) is 5.75 Å². The van der Waals surface area contributed by atoms with Crippen molar-refractivity contribution in [3.63, 3.8) is 0 Å². The quantitative estimate of drug-likeness (QED) is 0.919. The lowest BCUT2D eigenvalue weighted by Gasteiger charge is -2.37. The van der Waals surface area contributed by atoms with Crippen LogP contribution in [-0.2, 0) is 0 Å². The van der Waals surface area contributed by atoms with E-state index in [4.69, 9.17) is 11.6 Å². The minimum Gasteiger partial charge on any atom is -0.388 e. The molecule has 1 N–H and O–H groups in total. The second-order valence-electron chi connectivity index (χ2n) is 5.18. The number of benzene rings is 1. The van der Waals surface area contributed by atoms with Gasteiger partial charge in [0.1, 0.15) is 0 Å². The fourth-order valence-corrected chi connectivity index (χ4v) is 3.92. The molecular weight excluding hydrogens is 278 g/mol. The van der Waals surface area contributed by atoms with Crippen LogP contribution >= 0.6 is 23.4 Å². The molecule has 1 aromatic carbocycles. The smallest absolute Gasteiger partial charge is 0.0816 e. The standard InChI is InChI=1S/C15H22ClNOS/c1-11-12(2)19-10-9-17(11)8-7-15(18)13-5-3-4-6-14(13)16/h3-6,11-12,15,18H,7-10H2,1-2H3. The first-order chi connectivity index (χ1) is 9.09. The molecule has 4 heteroatoms. The van der Waals surface area contributed by atoms with E-state index in [1.807, 2.05) is 36.0 Å². The van der Waals surface area contributed by atoms with Crippen LogP contribution in [0.3, 0.4) is 0 Å². The van der Waals surface area contributed by atoms with Crippen molar-refractivity contribution in [2.75, 3.05) is 18.8 Å². The van der Waals surface area contributed by atoms with Gasteiger partial charge in [-0.05, 0) is 25.0 Å². The summed E-state index contributed by atoms with van der Waals surface area (Å²) in [7, 11) is 0. The van der Waals surface area contributed by atoms with Gasteiger partial charge in [-0.1, -0.05) is 36.7 Å². The minimum atomic E-state index is -0.467. The summed E-state index contributed by atoms with van der Waals surface area (Å²) in [4.78, 5) is 2.47. The Labute approximate surface area is 125 Å². The maximum Gasteiger partial charge on any atom is 0.0816 e. The molecule has 106 valence electrons. The maximum atomic E-state index is 10.3. The summed E-state index contributed by atoms with van der Waals surface area (Å²) in [5.41, 5.74) is 0.844. The summed E-state index contributed by atoms with van der Waals surface area (Å²) < 4.78 is 0. The van der Waals surface area contributed by atoms with Gasteiger partial charge in [0.2, 0.25) is 0 Å². The fourth-order valence-electron chi connectivity index (χ4n) is 2.50. The predicted octanol–water partition coefficient (Wildman–Crippen LogP) is 3.59. The molecule has 2 nitrogen and oxygen atoms in total. The molecule has 0 aliphatic carbocycles. The van der Waals surface area contributed by atoms with Crippen molar-refractivity contribution in [1.82, 2.24) is 4.90 Å². The van der Waals surface area contributed by atoms with E-state index in [9.17, 15) is 5.11 Å². The van der Waals surface area contributed by atoms with Crippen molar-refractivity contribution in [3.8, 4) is 0 Å². The predicted molar refractivity (Wildman–Crippen MR) is 84.0 cm³/mol. The molecule has 1 fully saturated rings. The van der Waals surface area contributed by atoms with Gasteiger partial charge in [0.25, 0.3) is 0 Å². The summed E-state index contributed by atoms with van der Waals surface area (Å²) in [5.74, 6) is 1.19. The summed E-state index contributed by atoms with van der Waals surface area (Å²) >= 11 is 8.15. The zero-order valence-electron chi connectivity index (χ0n) is 11.6. The van der Waals surface area contributed by atoms with E-state index in [1.54, 1.807) is 0 Å². The number of nitrogens with zero attached hydrogens (tertiary/aromatic N) is 1. The molecule has 0 amide bonds. The van der Waals surface area contributed by atoms with Crippen LogP contribution in [0.15, 0.2) is 24.3 Å². The summed E-state index contributed by atoms with van der Waals surface area (Å²) in [6, 6.07) is 8.14. The second-order valence-corrected chi connectivity index (χ2v) is 7.07. The summed E-state index contributed by atoms with van der Waals surface area (Å²) in [6.45, 7) is 6.61. The number of hydrogen-bond acceptors (Lipinski definition) is 3. The van der Waals surface area contributed by atoms with Gasteiger partial charge in [0.05, 0.1) is 6.10 Å². The third-order valence-electron chi connectivity index (χ3n) is 3.97. The lowest BCUT2D eigenvalue weighted by Crippen LogP contribution is -2.45. The van der Waals surface area contributed by atoms with Crippen LogP contribution in [0.2, 0.25) is 5.02 Å². The van der Waals surface area contributed by atoms with Gasteiger partial charge in [-0.25, -0.2) is 0 Å². The normalized spacial score (nSPS) is 26.3. The van der Waals surface area contributed by atoms with Crippen molar-refractivity contribution in [1.29, 1.82) is 0 Å². The molecule has 0 aromatic heterocycles. The lowest BCUT2D eigenvalue weighted by atomic mass is 10.1. The Morgan fingerprint density at radius 3 is 2.89 bits per heavy atom. The molecule has 2 rings (SSSR count). The van der Waals surface area contributed by atoms with Gasteiger partial charge in [-0.3, -0.25) is 4.90 Å². The zero-order chi connectivity index (χ0) is 13.8. The Kier molecular flexibility index (Phi) is 5.58. The van der Waals surface area contributed by atoms with Gasteiger partial charge in [-0.15, -0.1) is 0 Å². The molecule has 19 heavy (non-hydrogen) atoms. The molecule has 0 bridgehead atoms. The molecule has 0 radical (unpaired) electrons. The Morgan fingerprint density at radius 1 is 1.42 bits per heavy atom. The van der Waals surface area contributed by atoms with Crippen LogP contribution in [0.4, 0.5) is 0 Å². The minimum absolute atomic E-state index is 0.467. The molecule has 0 spiro atoms. The lowest BCUT2D eigenvalue weighted by molar-refractivity contribution is 0.128. The Bertz CT molecular complexity index is 415. The molecule has 1 aliphatic rings. The SMILES string of the molecule is CC1SCCN(CCC(O)c2ccccc2Cl)C1C. The van der Waals surface area contributed by atoms with E-state index >= 15 is 0 Å². The number of aliphatic hydroxyl groups excluding tert-OH is 1. The average molecular weight is 300 g/mol. The second kappa shape index (κ2) is 6.98. The van der Waals surface area contributed by atoms with Crippen LogP contribution < -0.4 is 0 Å². The highest BCUT2D eigenvalue weighted by Gasteiger charge is 2.25. The first-order valence-corrected chi connectivity index (χ1v) is 8.30. The van der Waals surface area contributed by atoms with Crippen molar-refractivity contribution in [2.45, 2.75) is 37.7 Å². The van der Waals surface area contributed by atoms with Gasteiger partial charge >= 0.3 is 0 Å². The maximum absolute atomic E-state index is 10.3. The average Bonchev–Trinajstić information content (AvgIpc) is 2.40. The van der Waals surface area contributed by atoms with Crippen LogP contribution in [0.1, 0.15) is 31.9 Å². The van der Waals surface area contributed by atoms with Crippen LogP contribution in [0.25, 0.3) is 0 Å². The van der Waals surface area contributed by atoms with E-state index in [-0.39, 0.29) is 0 Å². The molecule has 1 heterocycles. The highest BCUT2D eigenvalue weighted by molar-refractivity contribution is 8.00. The van der Waals surface area contributed by atoms with Crippen molar-refractivity contribution in [2.24, 2.45) is 0 Å². The highest BCUT2D eigenvalue weighted by Crippen LogP contribution is 2.28. The van der Waals surface area contributed by atoms with Gasteiger partial charge in [-0.2, -0.15) is 11.8 Å². The number of halogens is 1. The number of thioether (sulfide) groups is 1. The van der Waals surface area contributed by atoms with E-state index in [2.05, 4.69) is 18.7 Å². The van der Waals surface area contributed by atoms with E-state index < -0.39 is 6.10 Å². The number of rotatable bonds is 4. The number of aliphatic hydroxyl groups is 1. The first kappa shape index (κ1) is 15.2. The summed E-state index contributed by atoms with van der Waals surface area (Å²) in [6.07, 6.45) is 0.275. The summed E-state index contributed by atoms with van der Waals surface area (Å²) in [5, 5.41) is 11.6. The number of hydrogen-bond donors (Lipinski definition) is 1. The van der Waals surface area contributed by atoms with E-state index in [0.29, 0.717) is 16.3 Å². The molecule has 1 aromatic rings. The van der Waals surface area contributed by atoms with Gasteiger partial charge in [0, 0.05) is 35.2 Å². The zero-order valence-corrected chi connectivity index (χ0v) is 13.1. The topological polar surface area (TPSA) is 23.5 Å². The molecule has 3 unspecified atom stereocenters. The monoisotopic (exact) mass is 299 g/mol. The van der Waals surface area contributed by atoms with Gasteiger partial charge < -0.3 is 5.11 Å². The molecule has 3 atom stereocenters. The fraction of sp³-hybridized carbons (Fsp3) is 0.600. The molecule has 0 saturated carbocycles. The largest absolute Gasteiger partial charge is 0.388 e. The van der Waals surface area contributed by atoms with Crippen molar-refractivity contribution >= 4 is 23.4 Å². The van der Waals surface area contributed by atoms with Crippen molar-refractivity contribution < 1.29 is 5.11 Å². The Balaban J connectivity index is 1.90. The highest BCUT2D eigenvalue weighted by atomic mass is 35.5. The van der Waals surface area contributed by atoms with Crippen LogP contribution in [0, 0.1) is 0 Å².